The molecule has 1 saturated heterocycles. The number of anilines is 4. The molecule has 0 aliphatic carbocycles. The molecule has 2 N–H and O–H groups in total. The molecule has 0 atom stereocenters. The molecular formula is C35H34F3N7O2. The highest BCUT2D eigenvalue weighted by molar-refractivity contribution is 6.04. The van der Waals surface area contributed by atoms with Crippen molar-refractivity contribution in [3.05, 3.63) is 106 Å². The number of halogens is 3. The number of carbonyl (C=O) groups is 1. The molecule has 0 unspecified atom stereocenters. The van der Waals surface area contributed by atoms with Gasteiger partial charge in [-0.15, -0.1) is 0 Å². The Bertz CT molecular complexity index is 2020. The molecule has 5 aromatic rings. The summed E-state index contributed by atoms with van der Waals surface area (Å²) in [6.07, 6.45) is -2.97. The van der Waals surface area contributed by atoms with Crippen LogP contribution < -0.4 is 21.1 Å². The molecule has 1 aliphatic rings. The summed E-state index contributed by atoms with van der Waals surface area (Å²) in [6.45, 7) is 9.03. The van der Waals surface area contributed by atoms with E-state index in [4.69, 9.17) is 0 Å². The van der Waals surface area contributed by atoms with Gasteiger partial charge in [0.2, 0.25) is 5.95 Å². The molecule has 6 rings (SSSR count). The van der Waals surface area contributed by atoms with Crippen LogP contribution >= 0.6 is 0 Å². The average Bonchev–Trinajstić information content (AvgIpc) is 3.07. The second-order valence-electron chi connectivity index (χ2n) is 11.6. The third-order valence-corrected chi connectivity index (χ3v) is 8.49. The first-order valence-corrected chi connectivity index (χ1v) is 15.3. The largest absolute Gasteiger partial charge is 0.416 e. The van der Waals surface area contributed by atoms with Crippen molar-refractivity contribution in [1.29, 1.82) is 0 Å². The smallest absolute Gasteiger partial charge is 0.369 e. The Kier molecular flexibility index (Phi) is 8.69. The number of carbonyl (C=O) groups excluding carboxylic acids is 1. The molecule has 2 aromatic heterocycles. The van der Waals surface area contributed by atoms with Gasteiger partial charge in [-0.3, -0.25) is 9.59 Å². The van der Waals surface area contributed by atoms with Crippen LogP contribution in [-0.2, 0) is 13.2 Å². The number of hydrogen-bond acceptors (Lipinski definition) is 7. The number of aryl methyl sites for hydroxylation is 1. The Labute approximate surface area is 269 Å². The molecule has 12 heteroatoms. The van der Waals surface area contributed by atoms with Crippen molar-refractivity contribution >= 4 is 39.8 Å². The van der Waals surface area contributed by atoms with Gasteiger partial charge in [0.25, 0.3) is 11.5 Å². The van der Waals surface area contributed by atoms with Crippen LogP contribution in [0.1, 0.15) is 28.4 Å². The minimum absolute atomic E-state index is 0.122. The lowest BCUT2D eigenvalue weighted by Gasteiger charge is -2.35. The molecule has 0 bridgehead atoms. The molecule has 1 aliphatic heterocycles. The maximum absolute atomic E-state index is 13.6. The second kappa shape index (κ2) is 12.9. The van der Waals surface area contributed by atoms with Gasteiger partial charge in [-0.2, -0.15) is 13.2 Å². The highest BCUT2D eigenvalue weighted by Crippen LogP contribution is 2.31. The van der Waals surface area contributed by atoms with Gasteiger partial charge in [0.05, 0.1) is 11.3 Å². The number of amides is 1. The number of fused-ring (bicyclic) bond motifs is 1. The van der Waals surface area contributed by atoms with E-state index in [1.54, 1.807) is 37.5 Å². The number of nitrogens with one attached hydrogen (secondary N) is 2. The number of alkyl halides is 3. The number of nitrogens with zero attached hydrogens (tertiary/aromatic N) is 5. The molecule has 1 amide bonds. The maximum atomic E-state index is 13.6. The molecule has 1 fully saturated rings. The molecule has 3 heterocycles. The van der Waals surface area contributed by atoms with E-state index in [9.17, 15) is 22.8 Å². The summed E-state index contributed by atoms with van der Waals surface area (Å²) >= 11 is 0. The van der Waals surface area contributed by atoms with Crippen LogP contribution in [0.25, 0.3) is 22.2 Å². The molecule has 47 heavy (non-hydrogen) atoms. The van der Waals surface area contributed by atoms with Gasteiger partial charge >= 0.3 is 6.18 Å². The minimum atomic E-state index is -4.57. The zero-order chi connectivity index (χ0) is 33.3. The third kappa shape index (κ3) is 6.82. The SMILES string of the molecule is CCN1CCN(c2cccc(Nc3ncc4cc(-c5cc(NC(=O)c6cccc(C(F)(F)F)c6)ccc5C)n(C)c(=O)c4n3)c2)CC1. The summed E-state index contributed by atoms with van der Waals surface area (Å²) in [7, 11) is 1.64. The Morgan fingerprint density at radius 1 is 0.936 bits per heavy atom. The normalized spacial score (nSPS) is 14.0. The van der Waals surface area contributed by atoms with Crippen molar-refractivity contribution in [2.45, 2.75) is 20.0 Å². The highest BCUT2D eigenvalue weighted by atomic mass is 19.4. The molecule has 0 radical (unpaired) electrons. The Balaban J connectivity index is 1.24. The highest BCUT2D eigenvalue weighted by Gasteiger charge is 2.31. The lowest BCUT2D eigenvalue weighted by molar-refractivity contribution is -0.137. The van der Waals surface area contributed by atoms with Gasteiger partial charge in [0.15, 0.2) is 0 Å². The molecule has 0 saturated carbocycles. The summed E-state index contributed by atoms with van der Waals surface area (Å²) in [4.78, 5) is 40.2. The number of pyridine rings is 1. The molecular weight excluding hydrogens is 607 g/mol. The zero-order valence-electron chi connectivity index (χ0n) is 26.2. The average molecular weight is 642 g/mol. The molecule has 242 valence electrons. The lowest BCUT2D eigenvalue weighted by Crippen LogP contribution is -2.46. The van der Waals surface area contributed by atoms with Crippen LogP contribution in [0.2, 0.25) is 0 Å². The summed E-state index contributed by atoms with van der Waals surface area (Å²) in [5.74, 6) is -0.387. The van der Waals surface area contributed by atoms with Crippen LogP contribution in [-0.4, -0.2) is 58.1 Å². The number of piperazine rings is 1. The summed E-state index contributed by atoms with van der Waals surface area (Å²) in [5.41, 5.74) is 3.22. The predicted molar refractivity (Wildman–Crippen MR) is 178 cm³/mol. The monoisotopic (exact) mass is 641 g/mol. The molecule has 3 aromatic carbocycles. The number of hydrogen-bond donors (Lipinski definition) is 2. The van der Waals surface area contributed by atoms with Gasteiger partial charge < -0.3 is 25.0 Å². The first-order valence-electron chi connectivity index (χ1n) is 15.3. The number of likely N-dealkylation sites (N-methyl/N-ethyl adjacent to an activating group) is 1. The van der Waals surface area contributed by atoms with Crippen molar-refractivity contribution in [3.63, 3.8) is 0 Å². The van der Waals surface area contributed by atoms with E-state index in [0.29, 0.717) is 28.3 Å². The van der Waals surface area contributed by atoms with Crippen molar-refractivity contribution in [2.75, 3.05) is 48.3 Å². The lowest BCUT2D eigenvalue weighted by atomic mass is 10.0. The Morgan fingerprint density at radius 2 is 1.70 bits per heavy atom. The quantitative estimate of drug-likeness (QED) is 0.211. The summed E-state index contributed by atoms with van der Waals surface area (Å²) in [6, 6.07) is 19.2. The standard InChI is InChI=1S/C35H34F3N7O2/c1-4-44-13-15-45(16-14-44)28-10-6-9-26(19-28)41-34-39-21-24-18-30(43(3)33(47)31(24)42-34)29-20-27(12-11-22(29)2)40-32(46)23-7-5-8-25(17-23)35(36,37)38/h5-12,17-21H,4,13-16H2,1-3H3,(H,40,46)(H,39,41,42). The number of rotatable bonds is 7. The van der Waals surface area contributed by atoms with Gasteiger partial charge in [-0.1, -0.05) is 25.1 Å². The van der Waals surface area contributed by atoms with E-state index in [-0.39, 0.29) is 16.6 Å². The fraction of sp³-hybridized carbons (Fsp3) is 0.257. The number of benzene rings is 3. The van der Waals surface area contributed by atoms with Crippen LogP contribution in [0, 0.1) is 6.92 Å². The van der Waals surface area contributed by atoms with Crippen molar-refractivity contribution in [2.24, 2.45) is 7.05 Å². The zero-order valence-corrected chi connectivity index (χ0v) is 26.2. The van der Waals surface area contributed by atoms with E-state index in [1.165, 1.54) is 16.7 Å². The van der Waals surface area contributed by atoms with Crippen LogP contribution in [0.5, 0.6) is 0 Å². The maximum Gasteiger partial charge on any atom is 0.416 e. The second-order valence-corrected chi connectivity index (χ2v) is 11.6. The first kappa shape index (κ1) is 31.7. The van der Waals surface area contributed by atoms with Gasteiger partial charge in [-0.05, 0) is 73.6 Å². The van der Waals surface area contributed by atoms with Gasteiger partial charge in [-0.25, -0.2) is 9.97 Å². The Morgan fingerprint density at radius 3 is 2.45 bits per heavy atom. The van der Waals surface area contributed by atoms with Crippen molar-refractivity contribution < 1.29 is 18.0 Å². The van der Waals surface area contributed by atoms with Crippen LogP contribution in [0.3, 0.4) is 0 Å². The van der Waals surface area contributed by atoms with Crippen molar-refractivity contribution in [1.82, 2.24) is 19.4 Å². The fourth-order valence-electron chi connectivity index (χ4n) is 5.75. The van der Waals surface area contributed by atoms with Crippen molar-refractivity contribution in [3.8, 4) is 11.3 Å². The Hall–Kier alpha value is -5.23. The van der Waals surface area contributed by atoms with E-state index in [2.05, 4.69) is 49.5 Å². The van der Waals surface area contributed by atoms with E-state index in [1.807, 2.05) is 19.1 Å². The van der Waals surface area contributed by atoms with Gasteiger partial charge in [0, 0.05) is 73.0 Å². The van der Waals surface area contributed by atoms with E-state index in [0.717, 1.165) is 61.8 Å². The van der Waals surface area contributed by atoms with E-state index >= 15 is 0 Å². The third-order valence-electron chi connectivity index (χ3n) is 8.49. The summed E-state index contributed by atoms with van der Waals surface area (Å²) < 4.78 is 41.0. The molecule has 0 spiro atoms. The predicted octanol–water partition coefficient (Wildman–Crippen LogP) is 6.46. The first-order chi connectivity index (χ1) is 22.5. The van der Waals surface area contributed by atoms with Crippen LogP contribution in [0.15, 0.2) is 83.8 Å². The van der Waals surface area contributed by atoms with Crippen LogP contribution in [0.4, 0.5) is 36.2 Å². The fourth-order valence-corrected chi connectivity index (χ4v) is 5.75. The van der Waals surface area contributed by atoms with Gasteiger partial charge in [0.1, 0.15) is 5.52 Å². The number of aromatic nitrogens is 3. The summed E-state index contributed by atoms with van der Waals surface area (Å²) in [5, 5.41) is 6.45. The molecule has 9 nitrogen and oxygen atoms in total. The van der Waals surface area contributed by atoms with E-state index < -0.39 is 17.6 Å². The topological polar surface area (TPSA) is 95.4 Å². The minimum Gasteiger partial charge on any atom is -0.369 e.